The first kappa shape index (κ1) is 14.3. The number of halogens is 1. The van der Waals surface area contributed by atoms with Crippen molar-refractivity contribution in [1.29, 1.82) is 0 Å². The van der Waals surface area contributed by atoms with E-state index in [2.05, 4.69) is 26.2 Å². The van der Waals surface area contributed by atoms with E-state index < -0.39 is 0 Å². The second-order valence-corrected chi connectivity index (χ2v) is 4.94. The fourth-order valence-corrected chi connectivity index (χ4v) is 2.32. The van der Waals surface area contributed by atoms with Crippen molar-refractivity contribution in [2.24, 2.45) is 0 Å². The van der Waals surface area contributed by atoms with Gasteiger partial charge in [0.15, 0.2) is 0 Å². The summed E-state index contributed by atoms with van der Waals surface area (Å²) >= 11 is 4.71. The molecule has 2 N–H and O–H groups in total. The number of nitrogens with one attached hydrogen (secondary N) is 1. The van der Waals surface area contributed by atoms with Crippen LogP contribution in [0.4, 0.5) is 0 Å². The number of aromatic nitrogens is 1. The zero-order valence-electron chi connectivity index (χ0n) is 9.52. The maximum absolute atomic E-state index is 11.5. The van der Waals surface area contributed by atoms with Crippen molar-refractivity contribution in [2.45, 2.75) is 25.8 Å². The Bertz CT molecular complexity index is 393. The lowest BCUT2D eigenvalue weighted by molar-refractivity contribution is -0.122. The summed E-state index contributed by atoms with van der Waals surface area (Å²) in [6.45, 7) is 1.94. The molecule has 1 aromatic rings. The van der Waals surface area contributed by atoms with Gasteiger partial charge in [0, 0.05) is 18.4 Å². The molecule has 1 unspecified atom stereocenters. The lowest BCUT2D eigenvalue weighted by atomic mass is 10.3. The first-order valence-electron chi connectivity index (χ1n) is 5.29. The third-order valence-corrected chi connectivity index (χ3v) is 3.39. The quantitative estimate of drug-likeness (QED) is 0.847. The van der Waals surface area contributed by atoms with Crippen LogP contribution in [0.1, 0.15) is 36.5 Å². The average Bonchev–Trinajstić information content (AvgIpc) is 2.75. The molecule has 0 aliphatic rings. The highest BCUT2D eigenvalue weighted by Gasteiger charge is 2.12. The Kier molecular flexibility index (Phi) is 6.39. The fourth-order valence-electron chi connectivity index (χ4n) is 1.26. The lowest BCUT2D eigenvalue weighted by Gasteiger charge is -2.10. The molecule has 17 heavy (non-hydrogen) atoms. The van der Waals surface area contributed by atoms with Gasteiger partial charge in [0.05, 0.1) is 11.7 Å². The van der Waals surface area contributed by atoms with E-state index in [9.17, 15) is 4.79 Å². The van der Waals surface area contributed by atoms with Gasteiger partial charge in [-0.3, -0.25) is 4.79 Å². The molecule has 0 aromatic carbocycles. The molecule has 94 valence electrons. The van der Waals surface area contributed by atoms with Crippen LogP contribution in [-0.2, 0) is 4.79 Å². The van der Waals surface area contributed by atoms with Crippen molar-refractivity contribution >= 4 is 39.2 Å². The maximum Gasteiger partial charge on any atom is 0.220 e. The van der Waals surface area contributed by atoms with Gasteiger partial charge in [-0.05, 0) is 24.4 Å². The van der Waals surface area contributed by atoms with E-state index in [1.807, 2.05) is 18.4 Å². The standard InChI is InChI=1S/C11H15BrN2O2S/c1-8(13-10(16)3-2-6-15)11-14-9(4-5-12)7-17-11/h4-5,7-8,15H,2-3,6H2,1H3,(H,13,16)/b5-4-. The Balaban J connectivity index is 2.51. The van der Waals surface area contributed by atoms with Crippen LogP contribution in [0.5, 0.6) is 0 Å². The molecular weight excluding hydrogens is 304 g/mol. The Morgan fingerprint density at radius 2 is 2.53 bits per heavy atom. The van der Waals surface area contributed by atoms with Crippen molar-refractivity contribution in [3.05, 3.63) is 21.1 Å². The third kappa shape index (κ3) is 4.97. The van der Waals surface area contributed by atoms with Crippen LogP contribution in [0.2, 0.25) is 0 Å². The predicted molar refractivity (Wildman–Crippen MR) is 73.0 cm³/mol. The number of rotatable bonds is 6. The average molecular weight is 319 g/mol. The van der Waals surface area contributed by atoms with Crippen molar-refractivity contribution in [1.82, 2.24) is 10.3 Å². The highest BCUT2D eigenvalue weighted by atomic mass is 79.9. The molecule has 1 atom stereocenters. The molecule has 1 aromatic heterocycles. The van der Waals surface area contributed by atoms with E-state index in [1.165, 1.54) is 11.3 Å². The number of aliphatic hydroxyl groups excluding tert-OH is 1. The number of nitrogens with zero attached hydrogens (tertiary/aromatic N) is 1. The smallest absolute Gasteiger partial charge is 0.220 e. The molecule has 0 saturated carbocycles. The molecule has 0 bridgehead atoms. The van der Waals surface area contributed by atoms with Crippen LogP contribution >= 0.6 is 27.3 Å². The molecule has 6 heteroatoms. The van der Waals surface area contributed by atoms with Crippen LogP contribution in [0.3, 0.4) is 0 Å². The number of aliphatic hydroxyl groups is 1. The highest BCUT2D eigenvalue weighted by molar-refractivity contribution is 9.11. The van der Waals surface area contributed by atoms with E-state index >= 15 is 0 Å². The molecule has 4 nitrogen and oxygen atoms in total. The SMILES string of the molecule is CC(NC(=O)CCCO)c1nc(/C=C\Br)cs1. The van der Waals surface area contributed by atoms with E-state index in [1.54, 1.807) is 4.99 Å². The highest BCUT2D eigenvalue weighted by Crippen LogP contribution is 2.19. The topological polar surface area (TPSA) is 62.2 Å². The monoisotopic (exact) mass is 318 g/mol. The van der Waals surface area contributed by atoms with Crippen molar-refractivity contribution < 1.29 is 9.90 Å². The molecular formula is C11H15BrN2O2S. The van der Waals surface area contributed by atoms with Gasteiger partial charge in [0.1, 0.15) is 5.01 Å². The molecule has 0 fully saturated rings. The van der Waals surface area contributed by atoms with Gasteiger partial charge in [-0.15, -0.1) is 11.3 Å². The van der Waals surface area contributed by atoms with Gasteiger partial charge in [0.25, 0.3) is 0 Å². The van der Waals surface area contributed by atoms with Crippen LogP contribution in [0.15, 0.2) is 10.4 Å². The van der Waals surface area contributed by atoms with Gasteiger partial charge in [-0.2, -0.15) is 0 Å². The van der Waals surface area contributed by atoms with Crippen LogP contribution in [-0.4, -0.2) is 22.6 Å². The van der Waals surface area contributed by atoms with Gasteiger partial charge >= 0.3 is 0 Å². The fraction of sp³-hybridized carbons (Fsp3) is 0.455. The van der Waals surface area contributed by atoms with E-state index in [0.717, 1.165) is 10.7 Å². The first-order chi connectivity index (χ1) is 8.17. The maximum atomic E-state index is 11.5. The summed E-state index contributed by atoms with van der Waals surface area (Å²) in [4.78, 5) is 17.6. The second-order valence-electron chi connectivity index (χ2n) is 3.52. The van der Waals surface area contributed by atoms with Crippen LogP contribution < -0.4 is 5.32 Å². The summed E-state index contributed by atoms with van der Waals surface area (Å²) in [7, 11) is 0. The second kappa shape index (κ2) is 7.58. The summed E-state index contributed by atoms with van der Waals surface area (Å²) in [5, 5.41) is 14.3. The molecule has 0 saturated heterocycles. The molecule has 0 aliphatic carbocycles. The first-order valence-corrected chi connectivity index (χ1v) is 7.09. The molecule has 0 radical (unpaired) electrons. The summed E-state index contributed by atoms with van der Waals surface area (Å²) in [6.07, 6.45) is 2.69. The van der Waals surface area contributed by atoms with Crippen LogP contribution in [0.25, 0.3) is 6.08 Å². The van der Waals surface area contributed by atoms with Gasteiger partial charge in [0.2, 0.25) is 5.91 Å². The predicted octanol–water partition coefficient (Wildman–Crippen LogP) is 2.46. The Morgan fingerprint density at radius 1 is 1.76 bits per heavy atom. The molecule has 1 amide bonds. The van der Waals surface area contributed by atoms with Crippen molar-refractivity contribution in [3.63, 3.8) is 0 Å². The minimum absolute atomic E-state index is 0.0409. The Morgan fingerprint density at radius 3 is 3.18 bits per heavy atom. The van der Waals surface area contributed by atoms with E-state index in [4.69, 9.17) is 5.11 Å². The van der Waals surface area contributed by atoms with Gasteiger partial charge < -0.3 is 10.4 Å². The Hall–Kier alpha value is -0.720. The number of thiazole rings is 1. The van der Waals surface area contributed by atoms with Gasteiger partial charge in [-0.1, -0.05) is 15.9 Å². The Labute approximate surface area is 113 Å². The van der Waals surface area contributed by atoms with Gasteiger partial charge in [-0.25, -0.2) is 4.98 Å². The zero-order valence-corrected chi connectivity index (χ0v) is 11.9. The molecule has 1 heterocycles. The number of carbonyl (C=O) groups excluding carboxylic acids is 1. The summed E-state index contributed by atoms with van der Waals surface area (Å²) in [5.74, 6) is -0.0562. The number of carbonyl (C=O) groups is 1. The van der Waals surface area contributed by atoms with Crippen molar-refractivity contribution in [3.8, 4) is 0 Å². The number of amides is 1. The summed E-state index contributed by atoms with van der Waals surface area (Å²) < 4.78 is 0. The van der Waals surface area contributed by atoms with E-state index in [0.29, 0.717) is 12.8 Å². The molecule has 0 spiro atoms. The number of hydrogen-bond donors (Lipinski definition) is 2. The molecule has 0 aliphatic heterocycles. The summed E-state index contributed by atoms with van der Waals surface area (Å²) in [5.41, 5.74) is 0.873. The zero-order chi connectivity index (χ0) is 12.7. The van der Waals surface area contributed by atoms with Crippen molar-refractivity contribution in [2.75, 3.05) is 6.61 Å². The van der Waals surface area contributed by atoms with E-state index in [-0.39, 0.29) is 18.6 Å². The third-order valence-electron chi connectivity index (χ3n) is 2.08. The summed E-state index contributed by atoms with van der Waals surface area (Å²) in [6, 6.07) is -0.0938. The number of hydrogen-bond acceptors (Lipinski definition) is 4. The minimum atomic E-state index is -0.0938. The lowest BCUT2D eigenvalue weighted by Crippen LogP contribution is -2.26. The largest absolute Gasteiger partial charge is 0.396 e. The van der Waals surface area contributed by atoms with Crippen LogP contribution in [0, 0.1) is 0 Å². The normalized spacial score (nSPS) is 12.9. The minimum Gasteiger partial charge on any atom is -0.396 e. The molecule has 1 rings (SSSR count).